The Kier molecular flexibility index (Phi) is 4.23. The SMILES string of the molecule is COc1ccc(CCn2c(=O)[nH]c3c(c2=O)CCC3)cc1OC. The van der Waals surface area contributed by atoms with Crippen LogP contribution < -0.4 is 20.7 Å². The van der Waals surface area contributed by atoms with Gasteiger partial charge in [-0.05, 0) is 43.4 Å². The van der Waals surface area contributed by atoms with Crippen LogP contribution in [0.1, 0.15) is 23.2 Å². The molecule has 0 radical (unpaired) electrons. The van der Waals surface area contributed by atoms with Gasteiger partial charge in [-0.3, -0.25) is 9.36 Å². The topological polar surface area (TPSA) is 73.3 Å². The summed E-state index contributed by atoms with van der Waals surface area (Å²) in [6.07, 6.45) is 3.04. The number of aryl methyl sites for hydroxylation is 2. The van der Waals surface area contributed by atoms with Crippen molar-refractivity contribution in [2.24, 2.45) is 0 Å². The zero-order valence-electron chi connectivity index (χ0n) is 13.3. The smallest absolute Gasteiger partial charge is 0.328 e. The molecule has 0 spiro atoms. The van der Waals surface area contributed by atoms with Crippen LogP contribution in [0.4, 0.5) is 0 Å². The van der Waals surface area contributed by atoms with E-state index in [0.29, 0.717) is 24.5 Å². The first kappa shape index (κ1) is 15.4. The van der Waals surface area contributed by atoms with E-state index in [1.165, 1.54) is 4.57 Å². The van der Waals surface area contributed by atoms with Crippen LogP contribution in [-0.2, 0) is 25.8 Å². The van der Waals surface area contributed by atoms with Crippen molar-refractivity contribution in [2.75, 3.05) is 14.2 Å². The van der Waals surface area contributed by atoms with Crippen molar-refractivity contribution in [3.8, 4) is 11.5 Å². The van der Waals surface area contributed by atoms with E-state index in [1.807, 2.05) is 18.2 Å². The van der Waals surface area contributed by atoms with E-state index in [2.05, 4.69) is 4.98 Å². The molecule has 0 unspecified atom stereocenters. The number of hydrogen-bond acceptors (Lipinski definition) is 4. The van der Waals surface area contributed by atoms with Gasteiger partial charge in [0.15, 0.2) is 11.5 Å². The fourth-order valence-electron chi connectivity index (χ4n) is 3.05. The van der Waals surface area contributed by atoms with Crippen molar-refractivity contribution >= 4 is 0 Å². The minimum atomic E-state index is -0.323. The molecule has 0 saturated heterocycles. The quantitative estimate of drug-likeness (QED) is 0.902. The van der Waals surface area contributed by atoms with Gasteiger partial charge in [-0.15, -0.1) is 0 Å². The summed E-state index contributed by atoms with van der Waals surface area (Å²) in [7, 11) is 3.17. The van der Waals surface area contributed by atoms with Crippen molar-refractivity contribution in [3.05, 3.63) is 55.9 Å². The molecule has 6 heteroatoms. The van der Waals surface area contributed by atoms with E-state index in [9.17, 15) is 9.59 Å². The summed E-state index contributed by atoms with van der Waals surface area (Å²) in [5.74, 6) is 1.30. The van der Waals surface area contributed by atoms with E-state index >= 15 is 0 Å². The number of ether oxygens (including phenoxy) is 2. The van der Waals surface area contributed by atoms with Crippen LogP contribution in [0.2, 0.25) is 0 Å². The highest BCUT2D eigenvalue weighted by molar-refractivity contribution is 5.42. The summed E-state index contributed by atoms with van der Waals surface area (Å²) >= 11 is 0. The number of nitrogens with zero attached hydrogens (tertiary/aromatic N) is 1. The molecule has 1 aliphatic rings. The lowest BCUT2D eigenvalue weighted by molar-refractivity contribution is 0.354. The molecule has 0 fully saturated rings. The van der Waals surface area contributed by atoms with Gasteiger partial charge in [-0.25, -0.2) is 4.79 Å². The summed E-state index contributed by atoms with van der Waals surface area (Å²) in [5, 5.41) is 0. The molecule has 3 rings (SSSR count). The number of fused-ring (bicyclic) bond motifs is 1. The van der Waals surface area contributed by atoms with E-state index in [1.54, 1.807) is 14.2 Å². The highest BCUT2D eigenvalue weighted by Gasteiger charge is 2.18. The molecule has 1 aromatic carbocycles. The summed E-state index contributed by atoms with van der Waals surface area (Å²) in [6, 6.07) is 5.60. The lowest BCUT2D eigenvalue weighted by atomic mass is 10.1. The average molecular weight is 316 g/mol. The molecule has 1 N–H and O–H groups in total. The summed E-state index contributed by atoms with van der Waals surface area (Å²) in [6.45, 7) is 0.344. The standard InChI is InChI=1S/C17H20N2O4/c1-22-14-7-6-11(10-15(14)23-2)8-9-19-16(20)12-4-3-5-13(12)18-17(19)21/h6-7,10H,3-5,8-9H2,1-2H3,(H,18,21). The van der Waals surface area contributed by atoms with Crippen LogP contribution in [-0.4, -0.2) is 23.8 Å². The second-order valence-corrected chi connectivity index (χ2v) is 5.64. The molecular formula is C17H20N2O4. The van der Waals surface area contributed by atoms with Gasteiger partial charge < -0.3 is 14.5 Å². The average Bonchev–Trinajstić information content (AvgIpc) is 3.02. The number of H-pyrrole nitrogens is 1. The Morgan fingerprint density at radius 2 is 1.91 bits per heavy atom. The fourth-order valence-corrected chi connectivity index (χ4v) is 3.05. The van der Waals surface area contributed by atoms with Crippen molar-refractivity contribution in [3.63, 3.8) is 0 Å². The first-order chi connectivity index (χ1) is 11.1. The molecule has 1 aromatic heterocycles. The Balaban J connectivity index is 1.84. The summed E-state index contributed by atoms with van der Waals surface area (Å²) in [4.78, 5) is 27.4. The van der Waals surface area contributed by atoms with Gasteiger partial charge in [0.1, 0.15) is 0 Å². The van der Waals surface area contributed by atoms with Crippen molar-refractivity contribution < 1.29 is 9.47 Å². The highest BCUT2D eigenvalue weighted by Crippen LogP contribution is 2.27. The minimum absolute atomic E-state index is 0.151. The van der Waals surface area contributed by atoms with Crippen LogP contribution in [0.25, 0.3) is 0 Å². The van der Waals surface area contributed by atoms with Crippen LogP contribution in [0, 0.1) is 0 Å². The van der Waals surface area contributed by atoms with Gasteiger partial charge in [-0.2, -0.15) is 0 Å². The summed E-state index contributed by atoms with van der Waals surface area (Å²) in [5.41, 5.74) is 2.08. The van der Waals surface area contributed by atoms with Gasteiger partial charge in [0.2, 0.25) is 0 Å². The first-order valence-electron chi connectivity index (χ1n) is 7.70. The normalized spacial score (nSPS) is 13.0. The van der Waals surface area contributed by atoms with Crippen molar-refractivity contribution in [1.82, 2.24) is 9.55 Å². The van der Waals surface area contributed by atoms with E-state index < -0.39 is 0 Å². The zero-order valence-corrected chi connectivity index (χ0v) is 13.3. The van der Waals surface area contributed by atoms with Crippen molar-refractivity contribution in [2.45, 2.75) is 32.2 Å². The lowest BCUT2D eigenvalue weighted by Gasteiger charge is -2.10. The number of aromatic nitrogens is 2. The predicted molar refractivity (Wildman–Crippen MR) is 86.6 cm³/mol. The highest BCUT2D eigenvalue weighted by atomic mass is 16.5. The Labute approximate surface area is 133 Å². The van der Waals surface area contributed by atoms with Gasteiger partial charge in [0.05, 0.1) is 14.2 Å². The Bertz CT molecular complexity index is 835. The number of hydrogen-bond donors (Lipinski definition) is 1. The maximum absolute atomic E-state index is 12.4. The molecule has 1 aliphatic carbocycles. The first-order valence-corrected chi connectivity index (χ1v) is 7.70. The van der Waals surface area contributed by atoms with E-state index in [-0.39, 0.29) is 11.2 Å². The fraction of sp³-hybridized carbons (Fsp3) is 0.412. The Morgan fingerprint density at radius 3 is 2.65 bits per heavy atom. The molecule has 122 valence electrons. The van der Waals surface area contributed by atoms with E-state index in [4.69, 9.17) is 9.47 Å². The summed E-state index contributed by atoms with van der Waals surface area (Å²) < 4.78 is 11.8. The number of rotatable bonds is 5. The molecule has 0 amide bonds. The number of methoxy groups -OCH3 is 2. The maximum atomic E-state index is 12.4. The largest absolute Gasteiger partial charge is 0.493 e. The van der Waals surface area contributed by atoms with E-state index in [0.717, 1.165) is 36.1 Å². The molecule has 23 heavy (non-hydrogen) atoms. The zero-order chi connectivity index (χ0) is 16.4. The third kappa shape index (κ3) is 2.88. The molecule has 2 aromatic rings. The molecular weight excluding hydrogens is 296 g/mol. The monoisotopic (exact) mass is 316 g/mol. The van der Waals surface area contributed by atoms with Gasteiger partial charge >= 0.3 is 5.69 Å². The molecule has 6 nitrogen and oxygen atoms in total. The molecule has 0 bridgehead atoms. The lowest BCUT2D eigenvalue weighted by Crippen LogP contribution is -2.38. The second-order valence-electron chi connectivity index (χ2n) is 5.64. The van der Waals surface area contributed by atoms with Gasteiger partial charge in [-0.1, -0.05) is 6.07 Å². The Hall–Kier alpha value is -2.50. The second kappa shape index (κ2) is 6.32. The third-order valence-corrected chi connectivity index (χ3v) is 4.30. The molecule has 0 saturated carbocycles. The predicted octanol–water partition coefficient (Wildman–Crippen LogP) is 1.29. The van der Waals surface area contributed by atoms with Crippen LogP contribution >= 0.6 is 0 Å². The number of benzene rings is 1. The number of nitrogens with one attached hydrogen (secondary N) is 1. The van der Waals surface area contributed by atoms with Crippen LogP contribution in [0.3, 0.4) is 0 Å². The minimum Gasteiger partial charge on any atom is -0.493 e. The molecule has 1 heterocycles. The molecule has 0 aliphatic heterocycles. The van der Waals surface area contributed by atoms with Gasteiger partial charge in [0.25, 0.3) is 5.56 Å². The van der Waals surface area contributed by atoms with Crippen LogP contribution in [0.15, 0.2) is 27.8 Å². The Morgan fingerprint density at radius 1 is 1.13 bits per heavy atom. The molecule has 0 atom stereocenters. The number of aromatic amines is 1. The van der Waals surface area contributed by atoms with Gasteiger partial charge in [0, 0.05) is 17.8 Å². The third-order valence-electron chi connectivity index (χ3n) is 4.30. The maximum Gasteiger partial charge on any atom is 0.328 e. The van der Waals surface area contributed by atoms with Crippen molar-refractivity contribution in [1.29, 1.82) is 0 Å². The van der Waals surface area contributed by atoms with Crippen LogP contribution in [0.5, 0.6) is 11.5 Å².